The molecule has 0 aromatic carbocycles. The fourth-order valence-electron chi connectivity index (χ4n) is 3.65. The molecule has 0 amide bonds. The third-order valence-corrected chi connectivity index (χ3v) is 6.88. The van der Waals surface area contributed by atoms with Gasteiger partial charge in [0, 0.05) is 29.9 Å². The first-order valence-electron chi connectivity index (χ1n) is 11.7. The van der Waals surface area contributed by atoms with Crippen molar-refractivity contribution in [1.29, 1.82) is 0 Å². The highest BCUT2D eigenvalue weighted by Gasteiger charge is 2.28. The second-order valence-corrected chi connectivity index (χ2v) is 9.10. The summed E-state index contributed by atoms with van der Waals surface area (Å²) >= 11 is 1.80. The number of rotatable bonds is 15. The van der Waals surface area contributed by atoms with E-state index in [4.69, 9.17) is 9.84 Å². The second-order valence-electron chi connectivity index (χ2n) is 7.97. The molecule has 0 aromatic rings. The summed E-state index contributed by atoms with van der Waals surface area (Å²) < 4.78 is 9.68. The van der Waals surface area contributed by atoms with Gasteiger partial charge >= 0.3 is 11.9 Å². The lowest BCUT2D eigenvalue weighted by Gasteiger charge is -2.12. The van der Waals surface area contributed by atoms with Crippen LogP contribution in [0.4, 0.5) is 0 Å². The van der Waals surface area contributed by atoms with Crippen LogP contribution in [0.25, 0.3) is 0 Å². The van der Waals surface area contributed by atoms with E-state index >= 15 is 0 Å². The molecule has 0 spiro atoms. The van der Waals surface area contributed by atoms with Crippen molar-refractivity contribution in [2.75, 3.05) is 27.1 Å². The summed E-state index contributed by atoms with van der Waals surface area (Å²) in [6.07, 6.45) is 16.0. The zero-order valence-corrected chi connectivity index (χ0v) is 21.1. The van der Waals surface area contributed by atoms with Crippen molar-refractivity contribution in [2.45, 2.75) is 84.5 Å². The predicted octanol–water partition coefficient (Wildman–Crippen LogP) is 6.06. The van der Waals surface area contributed by atoms with Crippen molar-refractivity contribution in [3.8, 4) is 0 Å². The van der Waals surface area contributed by atoms with Gasteiger partial charge in [0.15, 0.2) is 0 Å². The summed E-state index contributed by atoms with van der Waals surface area (Å²) in [5, 5.41) is 7.00. The number of carbonyl (C=O) groups is 2. The maximum absolute atomic E-state index is 12.2. The first-order valence-corrected chi connectivity index (χ1v) is 12.6. The summed E-state index contributed by atoms with van der Waals surface area (Å²) in [7, 11) is 3.89. The van der Waals surface area contributed by atoms with Gasteiger partial charge < -0.3 is 14.6 Å². The van der Waals surface area contributed by atoms with E-state index in [1.807, 2.05) is 0 Å². The number of aliphatic hydroxyl groups excluding tert-OH is 1. The molecule has 2 unspecified atom stereocenters. The first kappa shape index (κ1) is 29.7. The van der Waals surface area contributed by atoms with E-state index in [9.17, 15) is 9.59 Å². The molecule has 2 atom stereocenters. The number of carbonyl (C=O) groups excluding carboxylic acids is 2. The number of hydrogen-bond donors (Lipinski definition) is 1. The molecule has 0 aliphatic heterocycles. The molecule has 180 valence electrons. The number of ether oxygens (including phenoxy) is 2. The van der Waals surface area contributed by atoms with Crippen molar-refractivity contribution >= 4 is 23.7 Å². The molecular weight excluding hydrogens is 412 g/mol. The minimum atomic E-state index is -0.178. The van der Waals surface area contributed by atoms with Crippen LogP contribution in [0.2, 0.25) is 0 Å². The van der Waals surface area contributed by atoms with Gasteiger partial charge in [-0.2, -0.15) is 0 Å². The van der Waals surface area contributed by atoms with Gasteiger partial charge in [0.2, 0.25) is 0 Å². The fraction of sp³-hybridized carbons (Fsp3) is 0.760. The number of allylic oxidation sites excluding steroid dienone is 3. The average Bonchev–Trinajstić information content (AvgIpc) is 3.20. The van der Waals surface area contributed by atoms with Crippen LogP contribution >= 0.6 is 11.8 Å². The molecule has 1 N–H and O–H groups in total. The molecule has 0 bridgehead atoms. The molecule has 0 saturated heterocycles. The van der Waals surface area contributed by atoms with E-state index in [-0.39, 0.29) is 11.9 Å². The highest BCUT2D eigenvalue weighted by Crippen LogP contribution is 2.41. The van der Waals surface area contributed by atoms with Gasteiger partial charge in [0.05, 0.1) is 14.2 Å². The van der Waals surface area contributed by atoms with Crippen LogP contribution in [0, 0.1) is 11.8 Å². The zero-order valence-electron chi connectivity index (χ0n) is 20.3. The maximum Gasteiger partial charge on any atom is 0.334 e. The fourth-order valence-corrected chi connectivity index (χ4v) is 4.99. The van der Waals surface area contributed by atoms with Gasteiger partial charge in [-0.25, -0.2) is 4.79 Å². The Bertz CT molecular complexity index is 556. The number of hydrogen-bond acceptors (Lipinski definition) is 6. The molecule has 0 heterocycles. The van der Waals surface area contributed by atoms with Gasteiger partial charge in [0.25, 0.3) is 0 Å². The largest absolute Gasteiger partial charge is 0.469 e. The summed E-state index contributed by atoms with van der Waals surface area (Å²) in [6, 6.07) is 0. The molecular formula is C25H44O5S. The van der Waals surface area contributed by atoms with E-state index in [0.717, 1.165) is 62.9 Å². The average molecular weight is 457 g/mol. The monoisotopic (exact) mass is 456 g/mol. The Morgan fingerprint density at radius 3 is 2.52 bits per heavy atom. The lowest BCUT2D eigenvalue weighted by atomic mass is 9.98. The molecule has 6 heteroatoms. The quantitative estimate of drug-likeness (QED) is 0.183. The Labute approximate surface area is 194 Å². The smallest absolute Gasteiger partial charge is 0.334 e. The SMILES string of the molecule is CCCCC(C)CC/C=C/C1CCC(C(=O)OC)=C1SCCCCCC(=O)OC.CO. The van der Waals surface area contributed by atoms with Crippen molar-refractivity contribution < 1.29 is 24.2 Å². The molecule has 5 nitrogen and oxygen atoms in total. The Balaban J connectivity index is 0.00000436. The van der Waals surface area contributed by atoms with E-state index in [0.29, 0.717) is 12.3 Å². The molecule has 31 heavy (non-hydrogen) atoms. The highest BCUT2D eigenvalue weighted by atomic mass is 32.2. The number of thioether (sulfide) groups is 1. The van der Waals surface area contributed by atoms with Gasteiger partial charge in [-0.3, -0.25) is 4.79 Å². The van der Waals surface area contributed by atoms with Crippen molar-refractivity contribution in [1.82, 2.24) is 0 Å². The van der Waals surface area contributed by atoms with Crippen LogP contribution in [-0.2, 0) is 19.1 Å². The Morgan fingerprint density at radius 2 is 1.87 bits per heavy atom. The number of esters is 2. The van der Waals surface area contributed by atoms with Crippen LogP contribution in [-0.4, -0.2) is 44.1 Å². The molecule has 0 radical (unpaired) electrons. The summed E-state index contributed by atoms with van der Waals surface area (Å²) in [5.41, 5.74) is 0.859. The van der Waals surface area contributed by atoms with E-state index in [2.05, 4.69) is 30.7 Å². The summed E-state index contributed by atoms with van der Waals surface area (Å²) in [6.45, 7) is 4.59. The highest BCUT2D eigenvalue weighted by molar-refractivity contribution is 8.03. The molecule has 1 rings (SSSR count). The third-order valence-electron chi connectivity index (χ3n) is 5.53. The minimum Gasteiger partial charge on any atom is -0.469 e. The standard InChI is InChI=1S/C24H40O4S.CH4O/c1-5-6-12-19(2)13-9-10-14-20-16-17-21(24(26)28-4)23(20)29-18-11-7-8-15-22(25)27-3;1-2/h10,14,19-20H,5-9,11-13,15-18H2,1-4H3;2H,1H3/b14-10+;. The van der Waals surface area contributed by atoms with Gasteiger partial charge in [-0.05, 0) is 50.2 Å². The van der Waals surface area contributed by atoms with Crippen LogP contribution < -0.4 is 0 Å². The van der Waals surface area contributed by atoms with Gasteiger partial charge in [-0.15, -0.1) is 11.8 Å². The van der Waals surface area contributed by atoms with Crippen LogP contribution in [0.3, 0.4) is 0 Å². The summed E-state index contributed by atoms with van der Waals surface area (Å²) in [4.78, 5) is 24.5. The number of methoxy groups -OCH3 is 2. The second kappa shape index (κ2) is 19.4. The van der Waals surface area contributed by atoms with E-state index in [1.165, 1.54) is 44.8 Å². The van der Waals surface area contributed by atoms with Crippen molar-refractivity contribution in [3.05, 3.63) is 22.6 Å². The minimum absolute atomic E-state index is 0.140. The number of unbranched alkanes of at least 4 members (excludes halogenated alkanes) is 3. The van der Waals surface area contributed by atoms with E-state index in [1.54, 1.807) is 11.8 Å². The van der Waals surface area contributed by atoms with Crippen LogP contribution in [0.1, 0.15) is 84.5 Å². The molecule has 1 aliphatic carbocycles. The zero-order chi connectivity index (χ0) is 23.5. The third kappa shape index (κ3) is 13.0. The molecule has 1 aliphatic rings. The first-order chi connectivity index (χ1) is 15.0. The Kier molecular flexibility index (Phi) is 18.6. The topological polar surface area (TPSA) is 72.8 Å². The Hall–Kier alpha value is -1.27. The van der Waals surface area contributed by atoms with Crippen molar-refractivity contribution in [2.24, 2.45) is 11.8 Å². The Morgan fingerprint density at radius 1 is 1.13 bits per heavy atom. The number of aliphatic hydroxyl groups is 1. The van der Waals surface area contributed by atoms with Gasteiger partial charge in [-0.1, -0.05) is 51.7 Å². The van der Waals surface area contributed by atoms with E-state index < -0.39 is 0 Å². The lowest BCUT2D eigenvalue weighted by molar-refractivity contribution is -0.140. The van der Waals surface area contributed by atoms with Crippen molar-refractivity contribution in [3.63, 3.8) is 0 Å². The molecule has 0 saturated carbocycles. The predicted molar refractivity (Wildman–Crippen MR) is 130 cm³/mol. The molecule has 0 aromatic heterocycles. The lowest BCUT2D eigenvalue weighted by Crippen LogP contribution is -2.05. The van der Waals surface area contributed by atoms with Crippen LogP contribution in [0.15, 0.2) is 22.6 Å². The van der Waals surface area contributed by atoms with Crippen LogP contribution in [0.5, 0.6) is 0 Å². The molecule has 0 fully saturated rings. The summed E-state index contributed by atoms with van der Waals surface area (Å²) in [5.74, 6) is 1.77. The van der Waals surface area contributed by atoms with Gasteiger partial charge in [0.1, 0.15) is 0 Å². The maximum atomic E-state index is 12.2. The normalized spacial score (nSPS) is 16.8.